The molecule has 1 fully saturated rings. The van der Waals surface area contributed by atoms with Crippen molar-refractivity contribution in [2.45, 2.75) is 12.6 Å². The maximum absolute atomic E-state index is 13.0. The molecule has 3 aromatic rings. The minimum absolute atomic E-state index is 0.00400. The summed E-state index contributed by atoms with van der Waals surface area (Å²) in [6, 6.07) is 12.7. The van der Waals surface area contributed by atoms with Gasteiger partial charge in [0.25, 0.3) is 11.7 Å². The fraction of sp³-hybridized carbons (Fsp3) is 0.125. The highest BCUT2D eigenvalue weighted by atomic mass is 16.5. The number of likely N-dealkylation sites (tertiary alicyclic amines) is 1. The molecule has 0 radical (unpaired) electrons. The molecule has 1 amide bonds. The second-order valence-electron chi connectivity index (χ2n) is 6.92. The van der Waals surface area contributed by atoms with Crippen molar-refractivity contribution in [1.29, 1.82) is 0 Å². The lowest BCUT2D eigenvalue weighted by molar-refractivity contribution is -0.140. The zero-order chi connectivity index (χ0) is 21.8. The third-order valence-electron chi connectivity index (χ3n) is 4.94. The molecule has 1 saturated heterocycles. The largest absolute Gasteiger partial charge is 0.507 e. The van der Waals surface area contributed by atoms with Crippen LogP contribution in [-0.2, 0) is 16.1 Å². The average Bonchev–Trinajstić information content (AvgIpc) is 3.40. The number of ether oxygens (including phenoxy) is 1. The average molecular weight is 416 g/mol. The molecule has 1 aliphatic heterocycles. The third kappa shape index (κ3) is 3.98. The standard InChI is InChI=1S/C24H20N2O5/c1-2-12-30-18-9-7-16(8-10-18)22(27)20-21(17-5-3-11-25-14-17)26(24(29)23(20)28)15-19-6-4-13-31-19/h2-11,13-14,21,27H,1,12,15H2/b22-20-. The molecule has 1 atom stereocenters. The number of carbonyl (C=O) groups excluding carboxylic acids is 2. The Hall–Kier alpha value is -4.13. The fourth-order valence-electron chi connectivity index (χ4n) is 3.52. The molecule has 0 aliphatic carbocycles. The Labute approximate surface area is 178 Å². The van der Waals surface area contributed by atoms with Crippen molar-refractivity contribution in [1.82, 2.24) is 9.88 Å². The molecule has 7 heteroatoms. The minimum Gasteiger partial charge on any atom is -0.507 e. The van der Waals surface area contributed by atoms with Crippen molar-refractivity contribution in [3.05, 3.63) is 102 Å². The Morgan fingerprint density at radius 3 is 2.65 bits per heavy atom. The van der Waals surface area contributed by atoms with Gasteiger partial charge in [-0.25, -0.2) is 0 Å². The number of furan rings is 1. The summed E-state index contributed by atoms with van der Waals surface area (Å²) in [4.78, 5) is 31.3. The Morgan fingerprint density at radius 1 is 1.19 bits per heavy atom. The van der Waals surface area contributed by atoms with Crippen molar-refractivity contribution < 1.29 is 23.8 Å². The van der Waals surface area contributed by atoms with Crippen LogP contribution in [0.5, 0.6) is 5.75 Å². The normalized spacial score (nSPS) is 17.7. The molecule has 1 N–H and O–H groups in total. The summed E-state index contributed by atoms with van der Waals surface area (Å²) in [5.41, 5.74) is 1.01. The monoisotopic (exact) mass is 416 g/mol. The van der Waals surface area contributed by atoms with Gasteiger partial charge in [-0.05, 0) is 48.0 Å². The summed E-state index contributed by atoms with van der Waals surface area (Å²) < 4.78 is 10.8. The number of Topliss-reactive ketones (excluding diaryl/α,β-unsaturated/α-hetero) is 1. The molecule has 0 bridgehead atoms. The number of hydrogen-bond acceptors (Lipinski definition) is 6. The quantitative estimate of drug-likeness (QED) is 0.272. The van der Waals surface area contributed by atoms with Crippen LogP contribution in [-0.4, -0.2) is 33.3 Å². The van der Waals surface area contributed by atoms with Crippen LogP contribution in [0.25, 0.3) is 5.76 Å². The van der Waals surface area contributed by atoms with Gasteiger partial charge in [-0.3, -0.25) is 14.6 Å². The van der Waals surface area contributed by atoms with E-state index in [9.17, 15) is 14.7 Å². The Morgan fingerprint density at radius 2 is 2.00 bits per heavy atom. The van der Waals surface area contributed by atoms with E-state index >= 15 is 0 Å². The topological polar surface area (TPSA) is 92.9 Å². The van der Waals surface area contributed by atoms with Crippen LogP contribution in [0.1, 0.15) is 22.9 Å². The molecular formula is C24H20N2O5. The highest BCUT2D eigenvalue weighted by molar-refractivity contribution is 6.46. The van der Waals surface area contributed by atoms with E-state index in [-0.39, 0.29) is 17.9 Å². The summed E-state index contributed by atoms with van der Waals surface area (Å²) in [5.74, 6) is -0.606. The Kier molecular flexibility index (Phi) is 5.66. The smallest absolute Gasteiger partial charge is 0.296 e. The van der Waals surface area contributed by atoms with Crippen molar-refractivity contribution >= 4 is 17.4 Å². The van der Waals surface area contributed by atoms with Gasteiger partial charge in [-0.15, -0.1) is 0 Å². The Bertz CT molecular complexity index is 1120. The van der Waals surface area contributed by atoms with Crippen molar-refractivity contribution in [3.63, 3.8) is 0 Å². The van der Waals surface area contributed by atoms with Crippen LogP contribution >= 0.6 is 0 Å². The number of nitrogens with zero attached hydrogens (tertiary/aromatic N) is 2. The van der Waals surface area contributed by atoms with Crippen LogP contribution in [0, 0.1) is 0 Å². The van der Waals surface area contributed by atoms with Crippen molar-refractivity contribution in [2.75, 3.05) is 6.61 Å². The summed E-state index contributed by atoms with van der Waals surface area (Å²) in [7, 11) is 0. The first-order chi connectivity index (χ1) is 15.1. The van der Waals surface area contributed by atoms with E-state index in [0.717, 1.165) is 0 Å². The number of rotatable bonds is 7. The predicted molar refractivity (Wildman–Crippen MR) is 113 cm³/mol. The first-order valence-corrected chi connectivity index (χ1v) is 9.65. The van der Waals surface area contributed by atoms with Gasteiger partial charge in [0.2, 0.25) is 0 Å². The number of pyridine rings is 1. The first kappa shape index (κ1) is 20.2. The second kappa shape index (κ2) is 8.71. The molecule has 1 unspecified atom stereocenters. The predicted octanol–water partition coefficient (Wildman–Crippen LogP) is 3.86. The van der Waals surface area contributed by atoms with E-state index in [2.05, 4.69) is 11.6 Å². The van der Waals surface area contributed by atoms with Gasteiger partial charge in [-0.2, -0.15) is 0 Å². The van der Waals surface area contributed by atoms with Crippen LogP contribution in [0.2, 0.25) is 0 Å². The summed E-state index contributed by atoms with van der Waals surface area (Å²) >= 11 is 0. The molecule has 2 aromatic heterocycles. The number of aliphatic hydroxyl groups excluding tert-OH is 1. The van der Waals surface area contributed by atoms with E-state index in [1.165, 1.54) is 11.2 Å². The number of ketones is 1. The molecule has 0 spiro atoms. The van der Waals surface area contributed by atoms with E-state index in [4.69, 9.17) is 9.15 Å². The molecule has 3 heterocycles. The molecule has 7 nitrogen and oxygen atoms in total. The number of carbonyl (C=O) groups is 2. The lowest BCUT2D eigenvalue weighted by Crippen LogP contribution is -2.29. The molecule has 156 valence electrons. The lowest BCUT2D eigenvalue weighted by Gasteiger charge is -2.24. The van der Waals surface area contributed by atoms with E-state index in [1.54, 1.807) is 67.0 Å². The number of hydrogen-bond donors (Lipinski definition) is 1. The lowest BCUT2D eigenvalue weighted by atomic mass is 9.96. The van der Waals surface area contributed by atoms with Gasteiger partial charge in [0.05, 0.1) is 24.4 Å². The highest BCUT2D eigenvalue weighted by Crippen LogP contribution is 2.40. The maximum atomic E-state index is 13.0. The summed E-state index contributed by atoms with van der Waals surface area (Å²) in [5, 5.41) is 11.0. The zero-order valence-electron chi connectivity index (χ0n) is 16.6. The molecule has 1 aliphatic rings. The Balaban J connectivity index is 1.77. The van der Waals surface area contributed by atoms with E-state index in [1.807, 2.05) is 0 Å². The van der Waals surface area contributed by atoms with Crippen molar-refractivity contribution in [3.8, 4) is 5.75 Å². The fourth-order valence-corrected chi connectivity index (χ4v) is 3.52. The number of aliphatic hydroxyl groups is 1. The van der Waals surface area contributed by atoms with Gasteiger partial charge < -0.3 is 19.2 Å². The summed E-state index contributed by atoms with van der Waals surface area (Å²) in [6.45, 7) is 4.04. The molecule has 1 aromatic carbocycles. The van der Waals surface area contributed by atoms with Gasteiger partial charge in [0.15, 0.2) is 0 Å². The van der Waals surface area contributed by atoms with E-state index < -0.39 is 17.7 Å². The van der Waals surface area contributed by atoms with Crippen LogP contribution in [0.4, 0.5) is 0 Å². The SMILES string of the molecule is C=CCOc1ccc(/C(O)=C2/C(=O)C(=O)N(Cc3ccco3)C2c2cccnc2)cc1. The van der Waals surface area contributed by atoms with Gasteiger partial charge in [0, 0.05) is 18.0 Å². The van der Waals surface area contributed by atoms with Crippen LogP contribution in [0.3, 0.4) is 0 Å². The van der Waals surface area contributed by atoms with Crippen LogP contribution in [0.15, 0.2) is 89.8 Å². The number of benzene rings is 1. The van der Waals surface area contributed by atoms with Gasteiger partial charge >= 0.3 is 0 Å². The molecule has 4 rings (SSSR count). The molecule has 31 heavy (non-hydrogen) atoms. The first-order valence-electron chi connectivity index (χ1n) is 9.65. The minimum atomic E-state index is -0.796. The van der Waals surface area contributed by atoms with Gasteiger partial charge in [0.1, 0.15) is 23.9 Å². The van der Waals surface area contributed by atoms with Crippen LogP contribution < -0.4 is 4.74 Å². The second-order valence-corrected chi connectivity index (χ2v) is 6.92. The molecular weight excluding hydrogens is 396 g/mol. The third-order valence-corrected chi connectivity index (χ3v) is 4.94. The van der Waals surface area contributed by atoms with Crippen molar-refractivity contribution in [2.24, 2.45) is 0 Å². The number of amides is 1. The molecule has 0 saturated carbocycles. The maximum Gasteiger partial charge on any atom is 0.296 e. The highest BCUT2D eigenvalue weighted by Gasteiger charge is 2.46. The zero-order valence-corrected chi connectivity index (χ0v) is 16.6. The van der Waals surface area contributed by atoms with E-state index in [0.29, 0.717) is 29.2 Å². The summed E-state index contributed by atoms with van der Waals surface area (Å²) in [6.07, 6.45) is 6.30. The number of aromatic nitrogens is 1. The van der Waals surface area contributed by atoms with Gasteiger partial charge in [-0.1, -0.05) is 18.7 Å².